The molecule has 0 saturated heterocycles. The zero-order valence-electron chi connectivity index (χ0n) is 4.22. The van der Waals surface area contributed by atoms with E-state index in [0.717, 1.165) is 0 Å². The summed E-state index contributed by atoms with van der Waals surface area (Å²) in [6.45, 7) is 0. The summed E-state index contributed by atoms with van der Waals surface area (Å²) in [7, 11) is -4.67. The molecule has 0 fully saturated rings. The van der Waals surface area contributed by atoms with Gasteiger partial charge in [-0.25, -0.2) is 8.42 Å². The fraction of sp³-hybridized carbons (Fsp3) is 1.00. The average Bonchev–Trinajstić information content (AvgIpc) is 1.62. The maximum Gasteiger partial charge on any atom is 0.432 e. The van der Waals surface area contributed by atoms with E-state index in [1.807, 2.05) is 0 Å². The number of hydrogen-bond donors (Lipinski definition) is 2. The minimum absolute atomic E-state index is 4.67. The van der Waals surface area contributed by atoms with Gasteiger partial charge < -0.3 is 5.11 Å². The van der Waals surface area contributed by atoms with Gasteiger partial charge in [0.25, 0.3) is 0 Å². The molecule has 0 rings (SSSR count). The van der Waals surface area contributed by atoms with Gasteiger partial charge in [-0.1, -0.05) is 0 Å². The maximum absolute atomic E-state index is 11.5. The van der Waals surface area contributed by atoms with Crippen molar-refractivity contribution in [1.82, 2.24) is 0 Å². The van der Waals surface area contributed by atoms with Gasteiger partial charge in [0.15, 0.2) is 0 Å². The second-order valence-electron chi connectivity index (χ2n) is 1.34. The summed E-state index contributed by atoms with van der Waals surface area (Å²) in [6, 6.07) is 0. The lowest BCUT2D eigenvalue weighted by Crippen LogP contribution is -2.41. The molecule has 3 nitrogen and oxygen atoms in total. The Bertz CT molecular complexity index is 183. The molecule has 0 aromatic heterocycles. The van der Waals surface area contributed by atoms with Crippen molar-refractivity contribution >= 4 is 10.7 Å². The molecule has 10 heavy (non-hydrogen) atoms. The second kappa shape index (κ2) is 2.35. The smallest absolute Gasteiger partial charge is 0.331 e. The molecule has 0 heterocycles. The molecule has 0 bridgehead atoms. The van der Waals surface area contributed by atoms with Gasteiger partial charge >= 0.3 is 11.4 Å². The van der Waals surface area contributed by atoms with Gasteiger partial charge in [-0.15, -0.1) is 0 Å². The fourth-order valence-electron chi connectivity index (χ4n) is 0.110. The van der Waals surface area contributed by atoms with Crippen LogP contribution in [0.3, 0.4) is 0 Å². The lowest BCUT2D eigenvalue weighted by atomic mass is 10.7. The van der Waals surface area contributed by atoms with E-state index in [4.69, 9.17) is 5.11 Å². The van der Waals surface area contributed by atoms with Crippen LogP contribution in [0.2, 0.25) is 0 Å². The van der Waals surface area contributed by atoms with Crippen LogP contribution >= 0.6 is 0 Å². The van der Waals surface area contributed by atoms with Crippen molar-refractivity contribution in [2.24, 2.45) is 0 Å². The summed E-state index contributed by atoms with van der Waals surface area (Å²) in [5, 5.41) is 1.86. The van der Waals surface area contributed by atoms with Gasteiger partial charge in [0.1, 0.15) is 0 Å². The Labute approximate surface area is 54.2 Å². The average molecular weight is 182 g/mol. The summed E-state index contributed by atoms with van der Waals surface area (Å²) < 4.78 is 63.9. The highest BCUT2D eigenvalue weighted by molar-refractivity contribution is 7.73. The molecule has 0 saturated carbocycles. The molecule has 0 unspecified atom stereocenters. The number of thiol groups is 1. The van der Waals surface area contributed by atoms with E-state index in [1.165, 1.54) is 0 Å². The van der Waals surface area contributed by atoms with E-state index >= 15 is 0 Å². The Balaban J connectivity index is 4.75. The van der Waals surface area contributed by atoms with Crippen molar-refractivity contribution in [2.75, 3.05) is 0 Å². The third kappa shape index (κ3) is 1.57. The van der Waals surface area contributed by atoms with E-state index in [1.54, 1.807) is 0 Å². The van der Waals surface area contributed by atoms with Gasteiger partial charge in [0, 0.05) is 0 Å². The van der Waals surface area contributed by atoms with E-state index in [0.29, 0.717) is 0 Å². The predicted molar refractivity (Wildman–Crippen MR) is 22.4 cm³/mol. The molecule has 0 atom stereocenters. The molecule has 0 aromatic rings. The van der Waals surface area contributed by atoms with Crippen LogP contribution in [0, 0.1) is 0 Å². The lowest BCUT2D eigenvalue weighted by molar-refractivity contribution is -0.289. The number of alkyl halides is 4. The first kappa shape index (κ1) is 9.63. The molecule has 0 aliphatic heterocycles. The minimum Gasteiger partial charge on any atom is -0.331 e. The largest absolute Gasteiger partial charge is 0.432 e. The van der Waals surface area contributed by atoms with E-state index in [2.05, 4.69) is 0 Å². The highest BCUT2D eigenvalue weighted by Gasteiger charge is 2.58. The zero-order valence-corrected chi connectivity index (χ0v) is 5.12. The summed E-state index contributed by atoms with van der Waals surface area (Å²) in [5.41, 5.74) is 0. The highest BCUT2D eigenvalue weighted by Crippen LogP contribution is 2.31. The molecule has 1 N–H and O–H groups in total. The number of aliphatic hydroxyl groups is 1. The van der Waals surface area contributed by atoms with E-state index in [9.17, 15) is 26.0 Å². The first-order chi connectivity index (χ1) is 4.19. The summed E-state index contributed by atoms with van der Waals surface area (Å²) in [5.74, 6) is 0. The Kier molecular flexibility index (Phi) is 2.26. The first-order valence-corrected chi connectivity index (χ1v) is 3.00. The van der Waals surface area contributed by atoms with Gasteiger partial charge in [-0.05, 0) is 0 Å². The van der Waals surface area contributed by atoms with Gasteiger partial charge in [-0.2, -0.15) is 17.6 Å². The predicted octanol–water partition coefficient (Wildman–Crippen LogP) is -0.224. The number of hydrogen-bond acceptors (Lipinski definition) is 3. The molecule has 62 valence electrons. The topological polar surface area (TPSA) is 54.4 Å². The SMILES string of the molecule is O=[SH](=O)C(F)(F)C(O)(F)F. The van der Waals surface area contributed by atoms with Crippen LogP contribution in [0.15, 0.2) is 0 Å². The molecular weight excluding hydrogens is 180 g/mol. The Morgan fingerprint density at radius 2 is 1.40 bits per heavy atom. The van der Waals surface area contributed by atoms with Crippen molar-refractivity contribution in [3.05, 3.63) is 0 Å². The van der Waals surface area contributed by atoms with Crippen LogP contribution in [0.5, 0.6) is 0 Å². The fourth-order valence-corrected chi connectivity index (χ4v) is 0.329. The number of rotatable bonds is 2. The van der Waals surface area contributed by atoms with Crippen LogP contribution in [0.4, 0.5) is 17.6 Å². The molecule has 0 spiro atoms. The highest BCUT2D eigenvalue weighted by atomic mass is 32.2. The van der Waals surface area contributed by atoms with Crippen LogP contribution < -0.4 is 0 Å². The van der Waals surface area contributed by atoms with Crippen molar-refractivity contribution in [3.63, 3.8) is 0 Å². The Hall–Kier alpha value is -0.370. The molecule has 0 aliphatic carbocycles. The number of halogens is 4. The Morgan fingerprint density at radius 3 is 1.40 bits per heavy atom. The second-order valence-corrected chi connectivity index (χ2v) is 2.42. The van der Waals surface area contributed by atoms with Crippen molar-refractivity contribution in [1.29, 1.82) is 0 Å². The molecule has 0 radical (unpaired) electrons. The third-order valence-corrected chi connectivity index (χ3v) is 1.32. The van der Waals surface area contributed by atoms with E-state index in [-0.39, 0.29) is 0 Å². The summed E-state index contributed by atoms with van der Waals surface area (Å²) in [6.07, 6.45) is -5.51. The zero-order chi connectivity index (χ0) is 8.58. The molecule has 0 aromatic carbocycles. The van der Waals surface area contributed by atoms with Gasteiger partial charge in [0.05, 0.1) is 0 Å². The summed E-state index contributed by atoms with van der Waals surface area (Å²) in [4.78, 5) is 0. The van der Waals surface area contributed by atoms with Crippen LogP contribution in [0.25, 0.3) is 0 Å². The van der Waals surface area contributed by atoms with Gasteiger partial charge in [0.2, 0.25) is 10.7 Å². The minimum atomic E-state index is -5.51. The van der Waals surface area contributed by atoms with E-state index < -0.39 is 22.1 Å². The molecule has 0 amide bonds. The Morgan fingerprint density at radius 1 is 1.10 bits per heavy atom. The van der Waals surface area contributed by atoms with Crippen molar-refractivity contribution in [3.8, 4) is 0 Å². The van der Waals surface area contributed by atoms with Crippen LogP contribution in [0.1, 0.15) is 0 Å². The quantitative estimate of drug-likeness (QED) is 0.458. The van der Waals surface area contributed by atoms with Gasteiger partial charge in [-0.3, -0.25) is 0 Å². The van der Waals surface area contributed by atoms with Crippen LogP contribution in [-0.2, 0) is 10.7 Å². The first-order valence-electron chi connectivity index (χ1n) is 1.82. The normalized spacial score (nSPS) is 14.2. The molecule has 0 aliphatic rings. The standard InChI is InChI=1S/C2H2F4O3S/c3-1(4,7)2(5,6)10(8)9/h7,10H. The lowest BCUT2D eigenvalue weighted by Gasteiger charge is -2.14. The summed E-state index contributed by atoms with van der Waals surface area (Å²) >= 11 is 0. The van der Waals surface area contributed by atoms with Crippen molar-refractivity contribution in [2.45, 2.75) is 11.4 Å². The molecule has 8 heteroatoms. The van der Waals surface area contributed by atoms with Crippen molar-refractivity contribution < 1.29 is 31.1 Å². The van der Waals surface area contributed by atoms with Crippen LogP contribution in [-0.4, -0.2) is 24.9 Å². The monoisotopic (exact) mass is 182 g/mol. The third-order valence-electron chi connectivity index (χ3n) is 0.591. The molecular formula is C2H2F4O3S. The maximum atomic E-state index is 11.5.